The molecule has 1 rings (SSSR count). The van der Waals surface area contributed by atoms with E-state index in [0.717, 1.165) is 3.57 Å². The molecule has 0 heterocycles. The summed E-state index contributed by atoms with van der Waals surface area (Å²) < 4.78 is 0.797. The second-order valence-corrected chi connectivity index (χ2v) is 3.95. The predicted octanol–water partition coefficient (Wildman–Crippen LogP) is 0.382. The van der Waals surface area contributed by atoms with Gasteiger partial charge in [0.05, 0.1) is 17.3 Å². The molecule has 1 aromatic rings. The molecule has 6 N–H and O–H groups in total. The highest BCUT2D eigenvalue weighted by Gasteiger charge is 2.00. The zero-order chi connectivity index (χ0) is 12.1. The van der Waals surface area contributed by atoms with Crippen molar-refractivity contribution in [3.63, 3.8) is 0 Å². The van der Waals surface area contributed by atoms with Crippen LogP contribution in [0.5, 0.6) is 0 Å². The number of hydrogen-bond donors (Lipinski definition) is 3. The van der Waals surface area contributed by atoms with Crippen molar-refractivity contribution < 1.29 is 0 Å². The van der Waals surface area contributed by atoms with Crippen molar-refractivity contribution >= 4 is 40.2 Å². The van der Waals surface area contributed by atoms with Gasteiger partial charge in [-0.1, -0.05) is 0 Å². The van der Waals surface area contributed by atoms with E-state index in [1.165, 1.54) is 0 Å². The second kappa shape index (κ2) is 5.32. The topological polar surface area (TPSA) is 127 Å². The molecule has 0 aliphatic rings. The summed E-state index contributed by atoms with van der Waals surface area (Å²) in [6, 6.07) is 7.04. The summed E-state index contributed by atoms with van der Waals surface area (Å²) in [4.78, 5) is 7.59. The molecule has 0 aromatic heterocycles. The van der Waals surface area contributed by atoms with Crippen LogP contribution in [0, 0.1) is 14.9 Å². The number of halogens is 1. The molecule has 0 aliphatic carbocycles. The van der Waals surface area contributed by atoms with Gasteiger partial charge in [-0.25, -0.2) is 4.99 Å². The molecule has 7 heteroatoms. The molecule has 6 nitrogen and oxygen atoms in total. The Kier molecular flexibility index (Phi) is 4.07. The number of nitrogens with two attached hydrogens (primary N) is 3. The first-order valence-corrected chi connectivity index (χ1v) is 5.24. The number of guanidine groups is 2. The van der Waals surface area contributed by atoms with E-state index < -0.39 is 0 Å². The second-order valence-electron chi connectivity index (χ2n) is 2.78. The molecule has 0 bridgehead atoms. The Morgan fingerprint density at radius 1 is 1.31 bits per heavy atom. The Morgan fingerprint density at radius 3 is 2.50 bits per heavy atom. The van der Waals surface area contributed by atoms with Crippen molar-refractivity contribution in [2.45, 2.75) is 0 Å². The van der Waals surface area contributed by atoms with Gasteiger partial charge in [0.15, 0.2) is 5.96 Å². The zero-order valence-corrected chi connectivity index (χ0v) is 10.3. The molecule has 0 atom stereocenters. The number of hydrogen-bond acceptors (Lipinski definition) is 2. The predicted molar refractivity (Wildman–Crippen MR) is 71.0 cm³/mol. The molecule has 0 saturated heterocycles. The molecule has 0 saturated carbocycles. The Bertz CT molecular complexity index is 495. The van der Waals surface area contributed by atoms with Gasteiger partial charge in [0.25, 0.3) is 0 Å². The van der Waals surface area contributed by atoms with Gasteiger partial charge in [0.2, 0.25) is 5.96 Å². The van der Waals surface area contributed by atoms with E-state index in [-0.39, 0.29) is 11.9 Å². The first-order chi connectivity index (χ1) is 7.52. The third-order valence-electron chi connectivity index (χ3n) is 1.56. The molecule has 0 aliphatic heterocycles. The summed E-state index contributed by atoms with van der Waals surface area (Å²) in [6.07, 6.45) is 0. The van der Waals surface area contributed by atoms with E-state index >= 15 is 0 Å². The maximum atomic E-state index is 8.69. The van der Waals surface area contributed by atoms with Crippen LogP contribution in [0.25, 0.3) is 0 Å². The van der Waals surface area contributed by atoms with Crippen LogP contribution >= 0.6 is 22.6 Å². The molecule has 0 radical (unpaired) electrons. The molecular weight excluding hydrogens is 319 g/mol. The summed E-state index contributed by atoms with van der Waals surface area (Å²) in [7, 11) is 0. The monoisotopic (exact) mass is 328 g/mol. The van der Waals surface area contributed by atoms with Gasteiger partial charge in [0, 0.05) is 3.57 Å². The Labute approximate surface area is 106 Å². The number of benzene rings is 1. The van der Waals surface area contributed by atoms with Crippen LogP contribution in [0.3, 0.4) is 0 Å². The number of nitriles is 1. The first kappa shape index (κ1) is 12.3. The fourth-order valence-electron chi connectivity index (χ4n) is 0.948. The smallest absolute Gasteiger partial charge is 0.223 e. The maximum absolute atomic E-state index is 8.69. The normalized spacial score (nSPS) is 10.6. The van der Waals surface area contributed by atoms with Crippen molar-refractivity contribution in [3.05, 3.63) is 27.3 Å². The minimum absolute atomic E-state index is 0.0253. The fraction of sp³-hybridized carbons (Fsp3) is 0. The summed E-state index contributed by atoms with van der Waals surface area (Å²) in [5, 5.41) is 8.69. The Morgan fingerprint density at radius 2 is 2.00 bits per heavy atom. The van der Waals surface area contributed by atoms with Gasteiger partial charge >= 0.3 is 0 Å². The maximum Gasteiger partial charge on any atom is 0.223 e. The van der Waals surface area contributed by atoms with Crippen LogP contribution in [0.15, 0.2) is 28.2 Å². The fourth-order valence-corrected chi connectivity index (χ4v) is 1.58. The lowest BCUT2D eigenvalue weighted by molar-refractivity contribution is 1.36. The van der Waals surface area contributed by atoms with E-state index in [9.17, 15) is 0 Å². The van der Waals surface area contributed by atoms with Gasteiger partial charge in [0.1, 0.15) is 0 Å². The largest absolute Gasteiger partial charge is 0.370 e. The third kappa shape index (κ3) is 3.39. The Balaban J connectivity index is 3.08. The van der Waals surface area contributed by atoms with E-state index in [0.29, 0.717) is 11.3 Å². The number of aliphatic imine (C=N–C) groups is 2. The highest BCUT2D eigenvalue weighted by atomic mass is 127. The molecule has 82 valence electrons. The quantitative estimate of drug-likeness (QED) is 0.391. The van der Waals surface area contributed by atoms with Crippen molar-refractivity contribution in [2.75, 3.05) is 0 Å². The molecule has 0 unspecified atom stereocenters. The summed E-state index contributed by atoms with van der Waals surface area (Å²) >= 11 is 2.05. The van der Waals surface area contributed by atoms with Crippen molar-refractivity contribution in [3.8, 4) is 6.07 Å². The van der Waals surface area contributed by atoms with Gasteiger partial charge in [-0.15, -0.1) is 0 Å². The zero-order valence-electron chi connectivity index (χ0n) is 8.18. The van der Waals surface area contributed by atoms with Crippen LogP contribution in [-0.4, -0.2) is 11.9 Å². The van der Waals surface area contributed by atoms with Gasteiger partial charge in [-0.2, -0.15) is 10.3 Å². The lowest BCUT2D eigenvalue weighted by Crippen LogP contribution is -2.26. The molecular formula is C9H9IN6. The molecule has 0 fully saturated rings. The minimum atomic E-state index is -0.148. The highest BCUT2D eigenvalue weighted by molar-refractivity contribution is 14.1. The minimum Gasteiger partial charge on any atom is -0.370 e. The van der Waals surface area contributed by atoms with Crippen molar-refractivity contribution in [1.82, 2.24) is 0 Å². The van der Waals surface area contributed by atoms with E-state index in [1.54, 1.807) is 18.2 Å². The number of rotatable bonds is 1. The van der Waals surface area contributed by atoms with E-state index in [4.69, 9.17) is 22.5 Å². The van der Waals surface area contributed by atoms with Gasteiger partial charge in [-0.05, 0) is 40.8 Å². The Hall–Kier alpha value is -1.82. The SMILES string of the molecule is N#Cc1ccc(N=C(N)N=C(N)N)c(I)c1. The molecule has 0 amide bonds. The van der Waals surface area contributed by atoms with Crippen LogP contribution < -0.4 is 17.2 Å². The highest BCUT2D eigenvalue weighted by Crippen LogP contribution is 2.22. The van der Waals surface area contributed by atoms with Crippen LogP contribution in [0.1, 0.15) is 5.56 Å². The standard InChI is InChI=1S/C9H9IN6/c10-6-3-5(4-11)1-2-7(6)15-9(14)16-8(12)13/h1-3H,(H6,12,13,14,15,16). The van der Waals surface area contributed by atoms with Gasteiger partial charge in [-0.3, -0.25) is 0 Å². The lowest BCUT2D eigenvalue weighted by Gasteiger charge is -1.99. The van der Waals surface area contributed by atoms with Crippen molar-refractivity contribution in [1.29, 1.82) is 5.26 Å². The third-order valence-corrected chi connectivity index (χ3v) is 2.42. The van der Waals surface area contributed by atoms with Gasteiger partial charge < -0.3 is 17.2 Å². The molecule has 1 aromatic carbocycles. The lowest BCUT2D eigenvalue weighted by atomic mass is 10.2. The average Bonchev–Trinajstić information content (AvgIpc) is 2.19. The number of nitrogens with zero attached hydrogens (tertiary/aromatic N) is 3. The van der Waals surface area contributed by atoms with E-state index in [2.05, 4.69) is 32.6 Å². The molecule has 0 spiro atoms. The van der Waals surface area contributed by atoms with Crippen LogP contribution in [-0.2, 0) is 0 Å². The first-order valence-electron chi connectivity index (χ1n) is 4.16. The van der Waals surface area contributed by atoms with Crippen LogP contribution in [0.4, 0.5) is 5.69 Å². The summed E-state index contributed by atoms with van der Waals surface area (Å²) in [6.45, 7) is 0. The molecule has 16 heavy (non-hydrogen) atoms. The summed E-state index contributed by atoms with van der Waals surface area (Å²) in [5.74, 6) is -0.174. The average molecular weight is 328 g/mol. The van der Waals surface area contributed by atoms with E-state index in [1.807, 2.05) is 6.07 Å². The van der Waals surface area contributed by atoms with Crippen LogP contribution in [0.2, 0.25) is 0 Å². The van der Waals surface area contributed by atoms with Crippen molar-refractivity contribution in [2.24, 2.45) is 27.2 Å². The summed E-state index contributed by atoms with van der Waals surface area (Å²) in [5.41, 5.74) is 17.0.